The number of hydrogen-bond donors (Lipinski definition) is 1. The van der Waals surface area contributed by atoms with Crippen LogP contribution in [-0.4, -0.2) is 50.8 Å². The second kappa shape index (κ2) is 10.6. The Morgan fingerprint density at radius 2 is 1.95 bits per heavy atom. The number of hydrogen-bond acceptors (Lipinski definition) is 3. The Hall–Kier alpha value is -0.120. The summed E-state index contributed by atoms with van der Waals surface area (Å²) in [7, 11) is 2.29. The van der Waals surface area contributed by atoms with Crippen LogP contribution in [0.2, 0.25) is 0 Å². The highest BCUT2D eigenvalue weighted by atomic mass is 16.5. The summed E-state index contributed by atoms with van der Waals surface area (Å²) in [5.41, 5.74) is 0. The van der Waals surface area contributed by atoms with Gasteiger partial charge < -0.3 is 15.0 Å². The molecule has 19 heavy (non-hydrogen) atoms. The maximum atomic E-state index is 5.33. The highest BCUT2D eigenvalue weighted by Gasteiger charge is 2.24. The first-order valence-corrected chi connectivity index (χ1v) is 8.24. The Balaban J connectivity index is 1.96. The van der Waals surface area contributed by atoms with Crippen molar-refractivity contribution in [3.63, 3.8) is 0 Å². The maximum Gasteiger partial charge on any atom is 0.0466 e. The smallest absolute Gasteiger partial charge is 0.0466 e. The predicted octanol–water partition coefficient (Wildman–Crippen LogP) is 2.90. The molecule has 0 spiro atoms. The molecule has 0 aromatic rings. The minimum atomic E-state index is 0.813. The van der Waals surface area contributed by atoms with Crippen LogP contribution in [0.15, 0.2) is 0 Å². The molecule has 1 saturated carbocycles. The zero-order valence-electron chi connectivity index (χ0n) is 13.3. The van der Waals surface area contributed by atoms with Crippen LogP contribution in [0, 0.1) is 5.92 Å². The quantitative estimate of drug-likeness (QED) is 0.618. The summed E-state index contributed by atoms with van der Waals surface area (Å²) in [6.07, 6.45) is 8.07. The average Bonchev–Trinajstić information content (AvgIpc) is 2.42. The third kappa shape index (κ3) is 7.28. The van der Waals surface area contributed by atoms with E-state index >= 15 is 0 Å². The van der Waals surface area contributed by atoms with Crippen molar-refractivity contribution in [1.29, 1.82) is 0 Å². The number of nitrogens with zero attached hydrogens (tertiary/aromatic N) is 1. The first-order chi connectivity index (χ1) is 9.25. The molecule has 3 nitrogen and oxygen atoms in total. The van der Waals surface area contributed by atoms with Gasteiger partial charge in [0, 0.05) is 32.3 Å². The summed E-state index contributed by atoms with van der Waals surface area (Å²) < 4.78 is 5.33. The van der Waals surface area contributed by atoms with Gasteiger partial charge in [0.15, 0.2) is 0 Å². The maximum absolute atomic E-state index is 5.33. The van der Waals surface area contributed by atoms with Crippen molar-refractivity contribution < 1.29 is 4.74 Å². The predicted molar refractivity (Wildman–Crippen MR) is 82.6 cm³/mol. The van der Waals surface area contributed by atoms with E-state index in [2.05, 4.69) is 31.1 Å². The number of ether oxygens (including phenoxy) is 1. The van der Waals surface area contributed by atoms with E-state index in [9.17, 15) is 0 Å². The summed E-state index contributed by atoms with van der Waals surface area (Å²) in [5.74, 6) is 0.880. The molecule has 0 aliphatic heterocycles. The van der Waals surface area contributed by atoms with Crippen LogP contribution in [0.4, 0.5) is 0 Å². The average molecular weight is 270 g/mol. The lowest BCUT2D eigenvalue weighted by molar-refractivity contribution is 0.138. The molecule has 1 rings (SSSR count). The Labute approximate surface area is 120 Å². The molecule has 0 amide bonds. The van der Waals surface area contributed by atoms with Crippen molar-refractivity contribution in [1.82, 2.24) is 10.2 Å². The van der Waals surface area contributed by atoms with E-state index < -0.39 is 0 Å². The minimum Gasteiger partial charge on any atom is -0.382 e. The van der Waals surface area contributed by atoms with Gasteiger partial charge in [-0.3, -0.25) is 0 Å². The minimum absolute atomic E-state index is 0.813. The second-order valence-corrected chi connectivity index (χ2v) is 5.96. The van der Waals surface area contributed by atoms with Gasteiger partial charge in [-0.1, -0.05) is 19.8 Å². The molecule has 0 radical (unpaired) electrons. The van der Waals surface area contributed by atoms with Gasteiger partial charge in [-0.25, -0.2) is 0 Å². The highest BCUT2D eigenvalue weighted by Crippen LogP contribution is 2.26. The molecular formula is C16H34N2O. The largest absolute Gasteiger partial charge is 0.382 e. The van der Waals surface area contributed by atoms with Gasteiger partial charge in [0.05, 0.1) is 0 Å². The molecule has 1 N–H and O–H groups in total. The van der Waals surface area contributed by atoms with Gasteiger partial charge >= 0.3 is 0 Å². The SMILES string of the molecule is CCOCCCCNCCN(C)C1CCCCC1C. The van der Waals surface area contributed by atoms with E-state index in [1.807, 2.05) is 0 Å². The monoisotopic (exact) mass is 270 g/mol. The second-order valence-electron chi connectivity index (χ2n) is 5.96. The van der Waals surface area contributed by atoms with E-state index in [0.29, 0.717) is 0 Å². The molecule has 0 aromatic carbocycles. The van der Waals surface area contributed by atoms with Crippen molar-refractivity contribution in [2.75, 3.05) is 39.9 Å². The van der Waals surface area contributed by atoms with Gasteiger partial charge in [-0.15, -0.1) is 0 Å². The molecule has 0 aromatic heterocycles. The first kappa shape index (κ1) is 16.9. The van der Waals surface area contributed by atoms with Gasteiger partial charge in [-0.05, 0) is 52.1 Å². The van der Waals surface area contributed by atoms with Crippen LogP contribution in [0.25, 0.3) is 0 Å². The number of rotatable bonds is 10. The van der Waals surface area contributed by atoms with Crippen molar-refractivity contribution in [3.8, 4) is 0 Å². The Morgan fingerprint density at radius 1 is 1.16 bits per heavy atom. The third-order valence-corrected chi connectivity index (χ3v) is 4.37. The van der Waals surface area contributed by atoms with Crippen LogP contribution in [0.1, 0.15) is 52.4 Å². The molecule has 3 heteroatoms. The van der Waals surface area contributed by atoms with Crippen LogP contribution >= 0.6 is 0 Å². The van der Waals surface area contributed by atoms with Crippen molar-refractivity contribution in [3.05, 3.63) is 0 Å². The van der Waals surface area contributed by atoms with Gasteiger partial charge in [0.2, 0.25) is 0 Å². The van der Waals surface area contributed by atoms with Gasteiger partial charge in [0.25, 0.3) is 0 Å². The number of unbranched alkanes of at least 4 members (excludes halogenated alkanes) is 1. The summed E-state index contributed by atoms with van der Waals surface area (Å²) in [6, 6.07) is 0.813. The molecule has 2 atom stereocenters. The molecule has 1 aliphatic rings. The standard InChI is InChI=1S/C16H34N2O/c1-4-19-14-8-7-11-17-12-13-18(3)16-10-6-5-9-15(16)2/h15-17H,4-14H2,1-3H3. The molecule has 0 bridgehead atoms. The molecule has 114 valence electrons. The molecular weight excluding hydrogens is 236 g/mol. The molecule has 0 heterocycles. The molecule has 1 fully saturated rings. The van der Waals surface area contributed by atoms with E-state index in [-0.39, 0.29) is 0 Å². The highest BCUT2D eigenvalue weighted by molar-refractivity contribution is 4.79. The Bertz CT molecular complexity index is 211. The third-order valence-electron chi connectivity index (χ3n) is 4.37. The van der Waals surface area contributed by atoms with E-state index in [1.165, 1.54) is 45.1 Å². The fourth-order valence-corrected chi connectivity index (χ4v) is 3.10. The van der Waals surface area contributed by atoms with Crippen molar-refractivity contribution in [2.45, 2.75) is 58.4 Å². The fraction of sp³-hybridized carbons (Fsp3) is 1.00. The zero-order valence-corrected chi connectivity index (χ0v) is 13.3. The van der Waals surface area contributed by atoms with Crippen LogP contribution in [-0.2, 0) is 4.74 Å². The molecule has 2 unspecified atom stereocenters. The Morgan fingerprint density at radius 3 is 2.68 bits per heavy atom. The van der Waals surface area contributed by atoms with Crippen LogP contribution < -0.4 is 5.32 Å². The number of likely N-dealkylation sites (N-methyl/N-ethyl adjacent to an activating group) is 1. The first-order valence-electron chi connectivity index (χ1n) is 8.24. The fourth-order valence-electron chi connectivity index (χ4n) is 3.10. The lowest BCUT2D eigenvalue weighted by Crippen LogP contribution is -2.42. The lowest BCUT2D eigenvalue weighted by Gasteiger charge is -2.36. The summed E-state index contributed by atoms with van der Waals surface area (Å²) >= 11 is 0. The molecule has 1 aliphatic carbocycles. The topological polar surface area (TPSA) is 24.5 Å². The van der Waals surface area contributed by atoms with E-state index in [1.54, 1.807) is 0 Å². The number of nitrogens with one attached hydrogen (secondary N) is 1. The van der Waals surface area contributed by atoms with Crippen LogP contribution in [0.3, 0.4) is 0 Å². The summed E-state index contributed by atoms with van der Waals surface area (Å²) in [5, 5.41) is 3.55. The van der Waals surface area contributed by atoms with Crippen LogP contribution in [0.5, 0.6) is 0 Å². The lowest BCUT2D eigenvalue weighted by atomic mass is 9.85. The molecule has 0 saturated heterocycles. The normalized spacial score (nSPS) is 24.0. The van der Waals surface area contributed by atoms with Crippen molar-refractivity contribution in [2.24, 2.45) is 5.92 Å². The van der Waals surface area contributed by atoms with Crippen molar-refractivity contribution >= 4 is 0 Å². The summed E-state index contributed by atoms with van der Waals surface area (Å²) in [6.45, 7) is 9.66. The zero-order chi connectivity index (χ0) is 13.9. The van der Waals surface area contributed by atoms with E-state index in [0.717, 1.165) is 38.3 Å². The summed E-state index contributed by atoms with van der Waals surface area (Å²) in [4.78, 5) is 2.57. The van der Waals surface area contributed by atoms with E-state index in [4.69, 9.17) is 4.74 Å². The van der Waals surface area contributed by atoms with Gasteiger partial charge in [-0.2, -0.15) is 0 Å². The Kier molecular flexibility index (Phi) is 9.48. The van der Waals surface area contributed by atoms with Gasteiger partial charge in [0.1, 0.15) is 0 Å².